The molecule has 0 saturated carbocycles. The van der Waals surface area contributed by atoms with E-state index in [0.29, 0.717) is 5.92 Å². The summed E-state index contributed by atoms with van der Waals surface area (Å²) in [7, 11) is 2.10. The van der Waals surface area contributed by atoms with Crippen molar-refractivity contribution in [3.05, 3.63) is 15.6 Å². The van der Waals surface area contributed by atoms with Gasteiger partial charge in [0.2, 0.25) is 0 Å². The molecule has 2 rings (SSSR count). The second kappa shape index (κ2) is 6.13. The van der Waals surface area contributed by atoms with E-state index < -0.39 is 0 Å². The third-order valence-electron chi connectivity index (χ3n) is 3.70. The molecule has 0 bridgehead atoms. The lowest BCUT2D eigenvalue weighted by Crippen LogP contribution is -2.33. The molecular weight excluding hydrogens is 244 g/mol. The number of aliphatic hydroxyl groups is 1. The summed E-state index contributed by atoms with van der Waals surface area (Å²) in [4.78, 5) is 8.46. The number of rotatable bonds is 5. The molecule has 1 N–H and O–H groups in total. The minimum absolute atomic E-state index is 0.199. The maximum Gasteiger partial charge on any atom is 0.0900 e. The molecule has 1 aromatic rings. The Hall–Kier alpha value is -0.450. The Bertz CT molecular complexity index is 391. The number of fused-ring (bicyclic) bond motifs is 1. The first kappa shape index (κ1) is 14.0. The fourth-order valence-electron chi connectivity index (χ4n) is 2.75. The van der Waals surface area contributed by atoms with Gasteiger partial charge in [-0.05, 0) is 39.7 Å². The maximum absolute atomic E-state index is 9.70. The molecule has 0 unspecified atom stereocenters. The smallest absolute Gasteiger partial charge is 0.0900 e. The van der Waals surface area contributed by atoms with Crippen LogP contribution in [-0.4, -0.2) is 41.2 Å². The average molecular weight is 268 g/mol. The summed E-state index contributed by atoms with van der Waals surface area (Å²) in [6, 6.07) is 0. The lowest BCUT2D eigenvalue weighted by Gasteiger charge is -2.27. The minimum atomic E-state index is -0.199. The largest absolute Gasteiger partial charge is 0.392 e. The lowest BCUT2D eigenvalue weighted by atomic mass is 9.90. The minimum Gasteiger partial charge on any atom is -0.392 e. The summed E-state index contributed by atoms with van der Waals surface area (Å²) < 4.78 is 0. The quantitative estimate of drug-likeness (QED) is 0.891. The van der Waals surface area contributed by atoms with Gasteiger partial charge in [0.15, 0.2) is 0 Å². The Morgan fingerprint density at radius 3 is 3.06 bits per heavy atom. The van der Waals surface area contributed by atoms with Gasteiger partial charge in [0, 0.05) is 23.9 Å². The van der Waals surface area contributed by atoms with Crippen LogP contribution in [0.1, 0.15) is 47.7 Å². The van der Waals surface area contributed by atoms with E-state index in [-0.39, 0.29) is 6.10 Å². The average Bonchev–Trinajstić information content (AvgIpc) is 2.70. The van der Waals surface area contributed by atoms with Crippen LogP contribution in [-0.2, 0) is 6.42 Å². The van der Waals surface area contributed by atoms with Gasteiger partial charge >= 0.3 is 0 Å². The first-order valence-corrected chi connectivity index (χ1v) is 7.74. The van der Waals surface area contributed by atoms with E-state index in [2.05, 4.69) is 18.9 Å². The van der Waals surface area contributed by atoms with Crippen molar-refractivity contribution in [2.45, 2.75) is 51.6 Å². The molecule has 3 nitrogen and oxygen atoms in total. The van der Waals surface area contributed by atoms with E-state index in [1.807, 2.05) is 18.3 Å². The second-order valence-corrected chi connectivity index (χ2v) is 6.70. The Labute approximate surface area is 114 Å². The normalized spacial score (nSPS) is 21.1. The summed E-state index contributed by atoms with van der Waals surface area (Å²) in [6.07, 6.45) is 4.36. The summed E-state index contributed by atoms with van der Waals surface area (Å²) in [5, 5.41) is 10.9. The number of aromatic nitrogens is 1. The fourth-order valence-corrected chi connectivity index (χ4v) is 3.81. The van der Waals surface area contributed by atoms with Crippen LogP contribution in [0.15, 0.2) is 0 Å². The van der Waals surface area contributed by atoms with E-state index in [4.69, 9.17) is 4.98 Å². The van der Waals surface area contributed by atoms with Gasteiger partial charge in [-0.2, -0.15) is 0 Å². The molecule has 0 aliphatic heterocycles. The number of hydrogen-bond donors (Lipinski definition) is 1. The van der Waals surface area contributed by atoms with E-state index in [1.54, 1.807) is 0 Å². The molecule has 0 radical (unpaired) electrons. The molecule has 1 heterocycles. The predicted molar refractivity (Wildman–Crippen MR) is 76.3 cm³/mol. The number of aliphatic hydroxyl groups excluding tert-OH is 1. The number of hydrogen-bond acceptors (Lipinski definition) is 4. The fraction of sp³-hybridized carbons (Fsp3) is 0.786. The number of likely N-dealkylation sites (N-methyl/N-ethyl adjacent to an activating group) is 1. The molecule has 102 valence electrons. The Balaban J connectivity index is 1.98. The first-order chi connectivity index (χ1) is 8.60. The SMILES string of the molecule is CC[C@H](O)CN(C)C[C@H]1CCCc2sc(C)nc21. The van der Waals surface area contributed by atoms with E-state index in [0.717, 1.165) is 19.5 Å². The standard InChI is InChI=1S/C14H24N2OS/c1-4-12(17)9-16(3)8-11-6-5-7-13-14(11)15-10(2)18-13/h11-12,17H,4-9H2,1-3H3/t11-,12+/m1/s1. The van der Waals surface area contributed by atoms with Gasteiger partial charge < -0.3 is 10.0 Å². The van der Waals surface area contributed by atoms with Crippen LogP contribution in [0.4, 0.5) is 0 Å². The van der Waals surface area contributed by atoms with Crippen LogP contribution in [0.3, 0.4) is 0 Å². The Morgan fingerprint density at radius 1 is 1.56 bits per heavy atom. The molecule has 2 atom stereocenters. The van der Waals surface area contributed by atoms with Crippen molar-refractivity contribution in [2.75, 3.05) is 20.1 Å². The van der Waals surface area contributed by atoms with Crippen LogP contribution in [0.2, 0.25) is 0 Å². The summed E-state index contributed by atoms with van der Waals surface area (Å²) in [5.41, 5.74) is 1.33. The topological polar surface area (TPSA) is 36.4 Å². The van der Waals surface area contributed by atoms with Crippen molar-refractivity contribution in [1.29, 1.82) is 0 Å². The molecule has 1 aliphatic carbocycles. The van der Waals surface area contributed by atoms with Crippen molar-refractivity contribution >= 4 is 11.3 Å². The Kier molecular flexibility index (Phi) is 4.76. The van der Waals surface area contributed by atoms with E-state index in [9.17, 15) is 5.11 Å². The highest BCUT2D eigenvalue weighted by molar-refractivity contribution is 7.11. The van der Waals surface area contributed by atoms with Gasteiger partial charge in [0.1, 0.15) is 0 Å². The summed E-state index contributed by atoms with van der Waals surface area (Å²) in [5.74, 6) is 0.563. The van der Waals surface area contributed by atoms with Crippen LogP contribution in [0, 0.1) is 6.92 Å². The molecule has 1 aromatic heterocycles. The third kappa shape index (κ3) is 3.31. The van der Waals surface area contributed by atoms with Gasteiger partial charge in [-0.3, -0.25) is 0 Å². The Morgan fingerprint density at radius 2 is 2.33 bits per heavy atom. The molecule has 4 heteroatoms. The maximum atomic E-state index is 9.70. The monoisotopic (exact) mass is 268 g/mol. The molecule has 0 saturated heterocycles. The molecular formula is C14H24N2OS. The molecule has 18 heavy (non-hydrogen) atoms. The number of nitrogens with zero attached hydrogens (tertiary/aromatic N) is 2. The molecule has 0 spiro atoms. The van der Waals surface area contributed by atoms with Crippen molar-refractivity contribution in [2.24, 2.45) is 0 Å². The lowest BCUT2D eigenvalue weighted by molar-refractivity contribution is 0.118. The van der Waals surface area contributed by atoms with Crippen molar-refractivity contribution < 1.29 is 5.11 Å². The zero-order valence-electron chi connectivity index (χ0n) is 11.6. The highest BCUT2D eigenvalue weighted by atomic mass is 32.1. The number of aryl methyl sites for hydroxylation is 2. The molecule has 0 fully saturated rings. The second-order valence-electron chi connectivity index (χ2n) is 5.41. The highest BCUT2D eigenvalue weighted by Gasteiger charge is 2.25. The van der Waals surface area contributed by atoms with Crippen LogP contribution >= 0.6 is 11.3 Å². The highest BCUT2D eigenvalue weighted by Crippen LogP contribution is 2.34. The molecule has 0 amide bonds. The zero-order chi connectivity index (χ0) is 13.1. The summed E-state index contributed by atoms with van der Waals surface area (Å²) in [6.45, 7) is 5.92. The third-order valence-corrected chi connectivity index (χ3v) is 4.75. The van der Waals surface area contributed by atoms with Crippen LogP contribution in [0.5, 0.6) is 0 Å². The van der Waals surface area contributed by atoms with E-state index in [1.165, 1.54) is 34.8 Å². The first-order valence-electron chi connectivity index (χ1n) is 6.93. The van der Waals surface area contributed by atoms with Gasteiger partial charge in [-0.25, -0.2) is 4.98 Å². The van der Waals surface area contributed by atoms with Gasteiger partial charge in [0.05, 0.1) is 16.8 Å². The van der Waals surface area contributed by atoms with Gasteiger partial charge in [-0.1, -0.05) is 6.92 Å². The van der Waals surface area contributed by atoms with Gasteiger partial charge in [-0.15, -0.1) is 11.3 Å². The molecule has 1 aliphatic rings. The van der Waals surface area contributed by atoms with Crippen LogP contribution < -0.4 is 0 Å². The van der Waals surface area contributed by atoms with Crippen molar-refractivity contribution in [3.8, 4) is 0 Å². The van der Waals surface area contributed by atoms with Crippen molar-refractivity contribution in [3.63, 3.8) is 0 Å². The van der Waals surface area contributed by atoms with Crippen molar-refractivity contribution in [1.82, 2.24) is 9.88 Å². The molecule has 0 aromatic carbocycles. The van der Waals surface area contributed by atoms with Crippen LogP contribution in [0.25, 0.3) is 0 Å². The predicted octanol–water partition coefficient (Wildman–Crippen LogP) is 2.57. The number of thiazole rings is 1. The summed E-state index contributed by atoms with van der Waals surface area (Å²) >= 11 is 1.86. The van der Waals surface area contributed by atoms with Gasteiger partial charge in [0.25, 0.3) is 0 Å². The van der Waals surface area contributed by atoms with E-state index >= 15 is 0 Å². The zero-order valence-corrected chi connectivity index (χ0v) is 12.5.